The summed E-state index contributed by atoms with van der Waals surface area (Å²) in [5.74, 6) is 0.552. The molecule has 0 atom stereocenters. The maximum absolute atomic E-state index is 12.6. The molecule has 4 amide bonds. The lowest BCUT2D eigenvalue weighted by atomic mass is 10.2. The third kappa shape index (κ3) is 2.54. The summed E-state index contributed by atoms with van der Waals surface area (Å²) in [6, 6.07) is 0.831. The maximum Gasteiger partial charge on any atom is 0.341 e. The molecule has 0 aromatic carbocycles. The van der Waals surface area contributed by atoms with Crippen LogP contribution in [0.3, 0.4) is 0 Å². The first kappa shape index (κ1) is 15.4. The van der Waals surface area contributed by atoms with Crippen LogP contribution in [0.5, 0.6) is 0 Å². The van der Waals surface area contributed by atoms with Crippen LogP contribution in [0, 0.1) is 0 Å². The van der Waals surface area contributed by atoms with Gasteiger partial charge in [0.25, 0.3) is 0 Å². The lowest BCUT2D eigenvalue weighted by Crippen LogP contribution is -2.48. The van der Waals surface area contributed by atoms with Crippen molar-refractivity contribution < 1.29 is 18.0 Å². The highest BCUT2D eigenvalue weighted by molar-refractivity contribution is 7.88. The fourth-order valence-electron chi connectivity index (χ4n) is 3.20. The fraction of sp³-hybridized carbons (Fsp3) is 0.643. The molecule has 1 saturated heterocycles. The molecule has 10 heteroatoms. The van der Waals surface area contributed by atoms with Crippen molar-refractivity contribution in [3.63, 3.8) is 0 Å². The van der Waals surface area contributed by atoms with E-state index in [-0.39, 0.29) is 13.1 Å². The Hall–Kier alpha value is -2.10. The van der Waals surface area contributed by atoms with Crippen LogP contribution in [0.15, 0.2) is 6.07 Å². The van der Waals surface area contributed by atoms with E-state index < -0.39 is 22.1 Å². The first-order chi connectivity index (χ1) is 11.3. The van der Waals surface area contributed by atoms with E-state index in [0.29, 0.717) is 25.6 Å². The molecule has 1 aliphatic carbocycles. The number of carbonyl (C=O) groups excluding carboxylic acids is 2. The highest BCUT2D eigenvalue weighted by Gasteiger charge is 2.40. The molecule has 1 saturated carbocycles. The van der Waals surface area contributed by atoms with Crippen molar-refractivity contribution in [1.82, 2.24) is 23.9 Å². The summed E-state index contributed by atoms with van der Waals surface area (Å²) in [4.78, 5) is 27.4. The van der Waals surface area contributed by atoms with Crippen molar-refractivity contribution >= 4 is 22.1 Å². The van der Waals surface area contributed by atoms with Crippen LogP contribution in [0.2, 0.25) is 0 Å². The Morgan fingerprint density at radius 3 is 2.58 bits per heavy atom. The Labute approximate surface area is 139 Å². The largest absolute Gasteiger partial charge is 0.341 e. The van der Waals surface area contributed by atoms with E-state index in [1.54, 1.807) is 4.90 Å². The molecule has 0 radical (unpaired) electrons. The second kappa shape index (κ2) is 5.20. The number of urea groups is 2. The highest BCUT2D eigenvalue weighted by Crippen LogP contribution is 2.39. The van der Waals surface area contributed by atoms with Crippen molar-refractivity contribution in [2.24, 2.45) is 0 Å². The number of hydrogen-bond acceptors (Lipinski definition) is 5. The van der Waals surface area contributed by atoms with Gasteiger partial charge >= 0.3 is 12.1 Å². The Balaban J connectivity index is 1.48. The van der Waals surface area contributed by atoms with E-state index in [4.69, 9.17) is 0 Å². The highest BCUT2D eigenvalue weighted by atomic mass is 32.2. The van der Waals surface area contributed by atoms with Crippen molar-refractivity contribution in [3.05, 3.63) is 17.5 Å². The van der Waals surface area contributed by atoms with Crippen LogP contribution >= 0.6 is 0 Å². The summed E-state index contributed by atoms with van der Waals surface area (Å²) in [6.45, 7) is 1.54. The first-order valence-corrected chi connectivity index (χ1v) is 9.84. The van der Waals surface area contributed by atoms with Crippen LogP contribution in [0.4, 0.5) is 9.59 Å². The number of nitrogens with zero attached hydrogens (tertiary/aromatic N) is 5. The zero-order chi connectivity index (χ0) is 17.1. The smallest absolute Gasteiger partial charge is 0.316 e. The van der Waals surface area contributed by atoms with Crippen molar-refractivity contribution in [1.29, 1.82) is 0 Å². The second-order valence-corrected chi connectivity index (χ2v) is 8.44. The number of carbonyl (C=O) groups is 2. The minimum atomic E-state index is -3.64. The van der Waals surface area contributed by atoms with Gasteiger partial charge in [0, 0.05) is 12.5 Å². The van der Waals surface area contributed by atoms with Crippen LogP contribution in [0.25, 0.3) is 0 Å². The van der Waals surface area contributed by atoms with E-state index in [2.05, 4.69) is 5.10 Å². The molecule has 3 aliphatic rings. The van der Waals surface area contributed by atoms with Crippen LogP contribution < -0.4 is 0 Å². The van der Waals surface area contributed by atoms with Gasteiger partial charge in [0.1, 0.15) is 0 Å². The average molecular weight is 353 g/mol. The summed E-state index contributed by atoms with van der Waals surface area (Å²) in [6.07, 6.45) is 3.31. The average Bonchev–Trinajstić information content (AvgIpc) is 3.16. The molecule has 0 bridgehead atoms. The zero-order valence-corrected chi connectivity index (χ0v) is 14.2. The molecule has 0 unspecified atom stereocenters. The minimum absolute atomic E-state index is 0.0149. The quantitative estimate of drug-likeness (QED) is 0.766. The molecule has 4 rings (SSSR count). The predicted octanol–water partition coefficient (Wildman–Crippen LogP) is 0.393. The van der Waals surface area contributed by atoms with E-state index in [1.165, 1.54) is 12.8 Å². The van der Waals surface area contributed by atoms with Crippen molar-refractivity contribution in [2.45, 2.75) is 31.8 Å². The van der Waals surface area contributed by atoms with Crippen molar-refractivity contribution in [3.8, 4) is 0 Å². The fourth-order valence-corrected chi connectivity index (χ4v) is 4.00. The Morgan fingerprint density at radius 1 is 1.21 bits per heavy atom. The van der Waals surface area contributed by atoms with E-state index in [0.717, 1.165) is 26.8 Å². The molecular weight excluding hydrogens is 334 g/mol. The van der Waals surface area contributed by atoms with Gasteiger partial charge < -0.3 is 4.90 Å². The summed E-state index contributed by atoms with van der Waals surface area (Å²) in [5, 5.41) is 4.57. The topological polar surface area (TPSA) is 95.8 Å². The Bertz CT molecular complexity index is 813. The lowest BCUT2D eigenvalue weighted by molar-refractivity contribution is 0.149. The van der Waals surface area contributed by atoms with Gasteiger partial charge in [-0.05, 0) is 18.9 Å². The predicted molar refractivity (Wildman–Crippen MR) is 83.7 cm³/mol. The molecule has 2 aliphatic heterocycles. The molecule has 130 valence electrons. The molecule has 3 heterocycles. The molecule has 9 nitrogen and oxygen atoms in total. The second-order valence-electron chi connectivity index (χ2n) is 6.53. The molecule has 1 aromatic rings. The van der Waals surface area contributed by atoms with Gasteiger partial charge in [0.2, 0.25) is 10.0 Å². The number of aromatic nitrogens is 2. The number of amides is 4. The van der Waals surface area contributed by atoms with Crippen molar-refractivity contribution in [2.75, 3.05) is 25.9 Å². The van der Waals surface area contributed by atoms with Gasteiger partial charge in [0.05, 0.1) is 43.8 Å². The number of imide groups is 1. The molecule has 24 heavy (non-hydrogen) atoms. The van der Waals surface area contributed by atoms with Gasteiger partial charge in [0.15, 0.2) is 0 Å². The number of fused-ring (bicyclic) bond motifs is 1. The zero-order valence-electron chi connectivity index (χ0n) is 13.4. The Kier molecular flexibility index (Phi) is 3.34. The minimum Gasteiger partial charge on any atom is -0.316 e. The van der Waals surface area contributed by atoms with Crippen LogP contribution in [-0.2, 0) is 23.1 Å². The Morgan fingerprint density at radius 2 is 1.96 bits per heavy atom. The monoisotopic (exact) mass is 353 g/mol. The summed E-state index contributed by atoms with van der Waals surface area (Å²) < 4.78 is 25.8. The summed E-state index contributed by atoms with van der Waals surface area (Å²) in [7, 11) is -3.64. The molecule has 0 spiro atoms. The normalized spacial score (nSPS) is 21.4. The third-order valence-corrected chi connectivity index (χ3v) is 5.82. The molecule has 0 N–H and O–H groups in total. The van der Waals surface area contributed by atoms with Gasteiger partial charge in [-0.15, -0.1) is 0 Å². The van der Waals surface area contributed by atoms with E-state index in [9.17, 15) is 18.0 Å². The summed E-state index contributed by atoms with van der Waals surface area (Å²) >= 11 is 0. The van der Waals surface area contributed by atoms with E-state index in [1.807, 2.05) is 10.7 Å². The summed E-state index contributed by atoms with van der Waals surface area (Å²) in [5.41, 5.74) is 2.04. The standard InChI is InChI=1S/C14H19N5O4S/c1-24(22,23)19-7-5-17(14(19)21)13(20)16-4-6-18-11(9-16)8-12(15-18)10-2-3-10/h8,10H,2-7,9H2,1H3. The first-order valence-electron chi connectivity index (χ1n) is 7.99. The van der Waals surface area contributed by atoms with Crippen LogP contribution in [0.1, 0.15) is 30.1 Å². The SMILES string of the molecule is CS(=O)(=O)N1CCN(C(=O)N2CCn3nc(C4CC4)cc3C2)C1=O. The number of sulfonamides is 1. The third-order valence-electron chi connectivity index (χ3n) is 4.69. The van der Waals surface area contributed by atoms with Gasteiger partial charge in [-0.25, -0.2) is 27.2 Å². The maximum atomic E-state index is 12.6. The molecule has 1 aromatic heterocycles. The molecule has 2 fully saturated rings. The van der Waals surface area contributed by atoms with Gasteiger partial charge in [-0.3, -0.25) is 4.68 Å². The van der Waals surface area contributed by atoms with Crippen LogP contribution in [-0.4, -0.2) is 70.3 Å². The molecular formula is C14H19N5O4S. The lowest BCUT2D eigenvalue weighted by Gasteiger charge is -2.30. The van der Waals surface area contributed by atoms with E-state index >= 15 is 0 Å². The number of rotatable bonds is 2. The van der Waals surface area contributed by atoms with Gasteiger partial charge in [-0.2, -0.15) is 5.10 Å². The van der Waals surface area contributed by atoms with Gasteiger partial charge in [-0.1, -0.05) is 0 Å². The number of hydrogen-bond donors (Lipinski definition) is 0.